The first-order valence-electron chi connectivity index (χ1n) is 8.04. The van der Waals surface area contributed by atoms with E-state index in [9.17, 15) is 0 Å². The summed E-state index contributed by atoms with van der Waals surface area (Å²) < 4.78 is 6.98. The molecule has 0 bridgehead atoms. The summed E-state index contributed by atoms with van der Waals surface area (Å²) in [5.41, 5.74) is 1.39. The number of anilines is 1. The van der Waals surface area contributed by atoms with Gasteiger partial charge in [0.25, 0.3) is 0 Å². The van der Waals surface area contributed by atoms with Crippen molar-refractivity contribution >= 4 is 38.3 Å². The van der Waals surface area contributed by atoms with Crippen LogP contribution in [0.3, 0.4) is 0 Å². The number of halogens is 1. The maximum atomic E-state index is 6.10. The molecule has 1 aliphatic carbocycles. The minimum atomic E-state index is 0.336. The number of rotatable bonds is 2. The number of ether oxygens (including phenoxy) is 1. The van der Waals surface area contributed by atoms with Crippen molar-refractivity contribution in [2.45, 2.75) is 38.2 Å². The fourth-order valence-electron chi connectivity index (χ4n) is 4.29. The van der Waals surface area contributed by atoms with Gasteiger partial charge < -0.3 is 9.64 Å². The van der Waals surface area contributed by atoms with Crippen molar-refractivity contribution < 1.29 is 4.74 Å². The second kappa shape index (κ2) is 5.66. The Bertz CT molecular complexity index is 688. The predicted octanol–water partition coefficient (Wildman–Crippen LogP) is 4.74. The van der Waals surface area contributed by atoms with Crippen LogP contribution in [0.25, 0.3) is 10.2 Å². The highest BCUT2D eigenvalue weighted by Gasteiger charge is 2.46. The molecule has 1 aromatic heterocycles. The van der Waals surface area contributed by atoms with E-state index < -0.39 is 0 Å². The molecular formula is C17H21ClN2OS. The van der Waals surface area contributed by atoms with Crippen LogP contribution in [0.15, 0.2) is 18.2 Å². The summed E-state index contributed by atoms with van der Waals surface area (Å²) in [4.78, 5) is 7.30. The molecule has 2 atom stereocenters. The zero-order chi connectivity index (χ0) is 15.2. The molecule has 0 unspecified atom stereocenters. The van der Waals surface area contributed by atoms with Crippen LogP contribution >= 0.6 is 22.9 Å². The number of fused-ring (bicyclic) bond motifs is 1. The molecule has 2 fully saturated rings. The molecular weight excluding hydrogens is 316 g/mol. The number of thiazole rings is 1. The SMILES string of the molecule is CO[C@@H]1CCC[C@]12CCCN(c1nc3ccc(Cl)cc3s1)C2. The Labute approximate surface area is 140 Å². The first kappa shape index (κ1) is 14.7. The normalized spacial score (nSPS) is 28.8. The minimum absolute atomic E-state index is 0.336. The Morgan fingerprint density at radius 2 is 2.23 bits per heavy atom. The monoisotopic (exact) mass is 336 g/mol. The van der Waals surface area contributed by atoms with Gasteiger partial charge in [0.05, 0.1) is 16.3 Å². The molecule has 5 heteroatoms. The van der Waals surface area contributed by atoms with Gasteiger partial charge in [0, 0.05) is 30.6 Å². The molecule has 2 aromatic rings. The van der Waals surface area contributed by atoms with E-state index in [1.54, 1.807) is 11.3 Å². The van der Waals surface area contributed by atoms with Crippen LogP contribution in [-0.4, -0.2) is 31.3 Å². The number of piperidine rings is 1. The topological polar surface area (TPSA) is 25.4 Å². The van der Waals surface area contributed by atoms with Crippen LogP contribution in [0, 0.1) is 5.41 Å². The first-order chi connectivity index (χ1) is 10.7. The van der Waals surface area contributed by atoms with Crippen LogP contribution in [0.4, 0.5) is 5.13 Å². The van der Waals surface area contributed by atoms with Gasteiger partial charge in [0.15, 0.2) is 5.13 Å². The van der Waals surface area contributed by atoms with Gasteiger partial charge >= 0.3 is 0 Å². The van der Waals surface area contributed by atoms with Crippen LogP contribution in [0.5, 0.6) is 0 Å². The highest BCUT2D eigenvalue weighted by Crippen LogP contribution is 2.47. The van der Waals surface area contributed by atoms with E-state index in [2.05, 4.69) is 4.90 Å². The average molecular weight is 337 g/mol. The van der Waals surface area contributed by atoms with Crippen molar-refractivity contribution in [2.24, 2.45) is 5.41 Å². The van der Waals surface area contributed by atoms with Gasteiger partial charge in [-0.25, -0.2) is 4.98 Å². The molecule has 0 N–H and O–H groups in total. The first-order valence-corrected chi connectivity index (χ1v) is 9.23. The second-order valence-electron chi connectivity index (χ2n) is 6.61. The Kier molecular flexibility index (Phi) is 3.79. The third-order valence-electron chi connectivity index (χ3n) is 5.33. The van der Waals surface area contributed by atoms with Crippen LogP contribution < -0.4 is 4.90 Å². The lowest BCUT2D eigenvalue weighted by atomic mass is 9.77. The summed E-state index contributed by atoms with van der Waals surface area (Å²) in [6.07, 6.45) is 6.73. The van der Waals surface area contributed by atoms with Gasteiger partial charge in [-0.15, -0.1) is 0 Å². The van der Waals surface area contributed by atoms with E-state index in [1.807, 2.05) is 25.3 Å². The number of hydrogen-bond donors (Lipinski definition) is 0. The molecule has 2 heterocycles. The van der Waals surface area contributed by atoms with Crippen molar-refractivity contribution in [3.63, 3.8) is 0 Å². The minimum Gasteiger partial charge on any atom is -0.381 e. The van der Waals surface area contributed by atoms with E-state index >= 15 is 0 Å². The van der Waals surface area contributed by atoms with Gasteiger partial charge in [0.1, 0.15) is 0 Å². The smallest absolute Gasteiger partial charge is 0.186 e. The molecule has 1 aromatic carbocycles. The standard InChI is InChI=1S/C17H21ClN2OS/c1-21-15-4-2-7-17(15)8-3-9-20(11-17)16-19-13-6-5-12(18)10-14(13)22-16/h5-6,10,15H,2-4,7-9,11H2,1H3/t15-,17-/m1/s1. The summed E-state index contributed by atoms with van der Waals surface area (Å²) in [5.74, 6) is 0. The molecule has 22 heavy (non-hydrogen) atoms. The van der Waals surface area contributed by atoms with Gasteiger partial charge in [0.2, 0.25) is 0 Å². The van der Waals surface area contributed by atoms with Crippen molar-refractivity contribution in [1.29, 1.82) is 0 Å². The van der Waals surface area contributed by atoms with E-state index in [-0.39, 0.29) is 0 Å². The molecule has 2 aliphatic rings. The fourth-order valence-corrected chi connectivity index (χ4v) is 5.55. The van der Waals surface area contributed by atoms with Crippen LogP contribution in [-0.2, 0) is 4.74 Å². The number of methoxy groups -OCH3 is 1. The Hall–Kier alpha value is -0.840. The summed E-state index contributed by atoms with van der Waals surface area (Å²) >= 11 is 7.86. The highest BCUT2D eigenvalue weighted by molar-refractivity contribution is 7.22. The Morgan fingerprint density at radius 1 is 1.36 bits per heavy atom. The molecule has 0 amide bonds. The zero-order valence-electron chi connectivity index (χ0n) is 12.8. The van der Waals surface area contributed by atoms with Crippen molar-refractivity contribution in [3.05, 3.63) is 23.2 Å². The largest absolute Gasteiger partial charge is 0.381 e. The lowest BCUT2D eigenvalue weighted by Gasteiger charge is -2.43. The van der Waals surface area contributed by atoms with Gasteiger partial charge in [-0.2, -0.15) is 0 Å². The van der Waals surface area contributed by atoms with E-state index in [1.165, 1.54) is 36.8 Å². The zero-order valence-corrected chi connectivity index (χ0v) is 14.4. The molecule has 118 valence electrons. The van der Waals surface area contributed by atoms with Crippen LogP contribution in [0.2, 0.25) is 5.02 Å². The van der Waals surface area contributed by atoms with E-state index in [4.69, 9.17) is 21.3 Å². The maximum absolute atomic E-state index is 6.10. The lowest BCUT2D eigenvalue weighted by Crippen LogP contribution is -2.47. The Balaban J connectivity index is 1.63. The average Bonchev–Trinajstić information content (AvgIpc) is 3.11. The molecule has 1 saturated heterocycles. The van der Waals surface area contributed by atoms with E-state index in [0.29, 0.717) is 11.5 Å². The summed E-state index contributed by atoms with van der Waals surface area (Å²) in [7, 11) is 1.87. The van der Waals surface area contributed by atoms with Crippen molar-refractivity contribution in [1.82, 2.24) is 4.98 Å². The number of nitrogens with zero attached hydrogens (tertiary/aromatic N) is 2. The maximum Gasteiger partial charge on any atom is 0.186 e. The molecule has 1 aliphatic heterocycles. The number of benzene rings is 1. The van der Waals surface area contributed by atoms with Crippen LogP contribution in [0.1, 0.15) is 32.1 Å². The quantitative estimate of drug-likeness (QED) is 0.792. The Morgan fingerprint density at radius 3 is 3.09 bits per heavy atom. The number of hydrogen-bond acceptors (Lipinski definition) is 4. The highest BCUT2D eigenvalue weighted by atomic mass is 35.5. The molecule has 0 radical (unpaired) electrons. The van der Waals surface area contributed by atoms with Crippen molar-refractivity contribution in [3.8, 4) is 0 Å². The summed E-state index contributed by atoms with van der Waals surface area (Å²) in [5, 5.41) is 1.92. The van der Waals surface area contributed by atoms with E-state index in [0.717, 1.165) is 28.8 Å². The third kappa shape index (κ3) is 2.41. The van der Waals surface area contributed by atoms with Gasteiger partial charge in [-0.3, -0.25) is 0 Å². The molecule has 4 rings (SSSR count). The molecule has 1 saturated carbocycles. The van der Waals surface area contributed by atoms with Crippen molar-refractivity contribution in [2.75, 3.05) is 25.1 Å². The molecule has 1 spiro atoms. The fraction of sp³-hybridized carbons (Fsp3) is 0.588. The molecule has 3 nitrogen and oxygen atoms in total. The lowest BCUT2D eigenvalue weighted by molar-refractivity contribution is 0.00227. The third-order valence-corrected chi connectivity index (χ3v) is 6.64. The number of aromatic nitrogens is 1. The second-order valence-corrected chi connectivity index (χ2v) is 8.06. The predicted molar refractivity (Wildman–Crippen MR) is 93.2 cm³/mol. The van der Waals surface area contributed by atoms with Gasteiger partial charge in [-0.1, -0.05) is 29.4 Å². The summed E-state index contributed by atoms with van der Waals surface area (Å²) in [6, 6.07) is 5.96. The van der Waals surface area contributed by atoms with Gasteiger partial charge in [-0.05, 0) is 43.9 Å². The summed E-state index contributed by atoms with van der Waals surface area (Å²) in [6.45, 7) is 2.19.